The predicted molar refractivity (Wildman–Crippen MR) is 71.7 cm³/mol. The minimum atomic E-state index is -3.44. The van der Waals surface area contributed by atoms with Gasteiger partial charge >= 0.3 is 0 Å². The average molecular weight is 267 g/mol. The second-order valence-electron chi connectivity index (χ2n) is 3.53. The Morgan fingerprint density at radius 2 is 2.06 bits per heavy atom. The first kappa shape index (κ1) is 14.5. The summed E-state index contributed by atoms with van der Waals surface area (Å²) in [6.45, 7) is 4.84. The van der Waals surface area contributed by atoms with E-state index in [-0.39, 0.29) is 4.90 Å². The molecule has 0 unspecified atom stereocenters. The SMILES string of the molecule is C#CCNc1ccc(S(=O)(=O)N(CC)CC)cn1. The van der Waals surface area contributed by atoms with E-state index >= 15 is 0 Å². The monoisotopic (exact) mass is 267 g/mol. The first-order valence-corrected chi connectivity index (χ1v) is 7.13. The van der Waals surface area contributed by atoms with Crippen molar-refractivity contribution in [1.29, 1.82) is 0 Å². The summed E-state index contributed by atoms with van der Waals surface area (Å²) >= 11 is 0. The molecule has 5 nitrogen and oxygen atoms in total. The summed E-state index contributed by atoms with van der Waals surface area (Å²) in [7, 11) is -3.44. The van der Waals surface area contributed by atoms with Gasteiger partial charge in [-0.15, -0.1) is 6.42 Å². The number of terminal acetylenes is 1. The summed E-state index contributed by atoms with van der Waals surface area (Å²) in [5.74, 6) is 2.98. The van der Waals surface area contributed by atoms with Gasteiger partial charge in [-0.1, -0.05) is 19.8 Å². The van der Waals surface area contributed by atoms with Crippen LogP contribution in [0.4, 0.5) is 5.82 Å². The molecule has 0 saturated heterocycles. The average Bonchev–Trinajstić information content (AvgIpc) is 2.38. The van der Waals surface area contributed by atoms with Crippen molar-refractivity contribution in [3.05, 3.63) is 18.3 Å². The molecule has 1 rings (SSSR count). The minimum absolute atomic E-state index is 0.192. The maximum atomic E-state index is 12.2. The standard InChI is InChI=1S/C12H17N3O2S/c1-4-9-13-12-8-7-11(10-14-12)18(16,17)15(5-2)6-3/h1,7-8,10H,5-6,9H2,2-3H3,(H,13,14). The zero-order chi connectivity index (χ0) is 13.6. The molecule has 6 heteroatoms. The van der Waals surface area contributed by atoms with Crippen LogP contribution >= 0.6 is 0 Å². The molecule has 0 fully saturated rings. The van der Waals surface area contributed by atoms with Gasteiger partial charge in [-0.05, 0) is 12.1 Å². The number of pyridine rings is 1. The lowest BCUT2D eigenvalue weighted by Crippen LogP contribution is -2.30. The van der Waals surface area contributed by atoms with Crippen LogP contribution in [-0.4, -0.2) is 37.3 Å². The molecule has 0 bridgehead atoms. The summed E-state index contributed by atoms with van der Waals surface area (Å²) in [5.41, 5.74) is 0. The Bertz CT molecular complexity index is 513. The summed E-state index contributed by atoms with van der Waals surface area (Å²) < 4.78 is 25.7. The maximum absolute atomic E-state index is 12.2. The molecule has 1 aromatic heterocycles. The second-order valence-corrected chi connectivity index (χ2v) is 5.46. The van der Waals surface area contributed by atoms with Crippen LogP contribution in [0.3, 0.4) is 0 Å². The Morgan fingerprint density at radius 1 is 1.39 bits per heavy atom. The van der Waals surface area contributed by atoms with E-state index in [1.807, 2.05) is 0 Å². The Balaban J connectivity index is 2.94. The van der Waals surface area contributed by atoms with Crippen LogP contribution < -0.4 is 5.32 Å². The van der Waals surface area contributed by atoms with Crippen LogP contribution in [0.1, 0.15) is 13.8 Å². The number of nitrogens with zero attached hydrogens (tertiary/aromatic N) is 2. The van der Waals surface area contributed by atoms with Gasteiger partial charge in [0, 0.05) is 19.3 Å². The molecule has 0 atom stereocenters. The molecule has 0 amide bonds. The first-order valence-electron chi connectivity index (χ1n) is 5.69. The molecule has 0 saturated carbocycles. The minimum Gasteiger partial charge on any atom is -0.359 e. The van der Waals surface area contributed by atoms with Crippen LogP contribution in [0.2, 0.25) is 0 Å². The van der Waals surface area contributed by atoms with E-state index in [4.69, 9.17) is 6.42 Å². The molecule has 1 aromatic rings. The topological polar surface area (TPSA) is 62.3 Å². The van der Waals surface area contributed by atoms with Crippen molar-refractivity contribution in [3.63, 3.8) is 0 Å². The molecule has 0 aromatic carbocycles. The maximum Gasteiger partial charge on any atom is 0.244 e. The van der Waals surface area contributed by atoms with Gasteiger partial charge in [0.25, 0.3) is 0 Å². The van der Waals surface area contributed by atoms with Crippen molar-refractivity contribution < 1.29 is 8.42 Å². The van der Waals surface area contributed by atoms with E-state index in [1.165, 1.54) is 16.6 Å². The second kappa shape index (κ2) is 6.38. The third kappa shape index (κ3) is 3.22. The highest BCUT2D eigenvalue weighted by atomic mass is 32.2. The normalized spacial score (nSPS) is 11.2. The van der Waals surface area contributed by atoms with E-state index in [0.717, 1.165) is 0 Å². The molecule has 1 heterocycles. The van der Waals surface area contributed by atoms with Gasteiger partial charge in [-0.3, -0.25) is 0 Å². The predicted octanol–water partition coefficient (Wildman–Crippen LogP) is 1.16. The molecule has 0 aliphatic heterocycles. The lowest BCUT2D eigenvalue weighted by atomic mass is 10.4. The molecule has 0 aliphatic carbocycles. The van der Waals surface area contributed by atoms with Crippen molar-refractivity contribution in [2.24, 2.45) is 0 Å². The van der Waals surface area contributed by atoms with Crippen LogP contribution in [0, 0.1) is 12.3 Å². The molecule has 0 radical (unpaired) electrons. The number of rotatable bonds is 6. The Hall–Kier alpha value is -1.58. The van der Waals surface area contributed by atoms with Crippen LogP contribution in [0.15, 0.2) is 23.2 Å². The number of hydrogen-bond donors (Lipinski definition) is 1. The van der Waals surface area contributed by atoms with Gasteiger partial charge in [-0.2, -0.15) is 4.31 Å². The van der Waals surface area contributed by atoms with Crippen molar-refractivity contribution in [2.75, 3.05) is 25.0 Å². The van der Waals surface area contributed by atoms with E-state index < -0.39 is 10.0 Å². The third-order valence-corrected chi connectivity index (χ3v) is 4.48. The Morgan fingerprint density at radius 3 is 2.50 bits per heavy atom. The molecular weight excluding hydrogens is 250 g/mol. The summed E-state index contributed by atoms with van der Waals surface area (Å²) in [6.07, 6.45) is 6.45. The summed E-state index contributed by atoms with van der Waals surface area (Å²) in [5, 5.41) is 2.87. The molecule has 18 heavy (non-hydrogen) atoms. The van der Waals surface area contributed by atoms with Gasteiger partial charge in [0.1, 0.15) is 10.7 Å². The molecule has 0 aliphatic rings. The van der Waals surface area contributed by atoms with Crippen LogP contribution in [0.25, 0.3) is 0 Å². The Kier molecular flexibility index (Phi) is 5.13. The summed E-state index contributed by atoms with van der Waals surface area (Å²) in [6, 6.07) is 3.13. The highest BCUT2D eigenvalue weighted by Crippen LogP contribution is 2.15. The van der Waals surface area contributed by atoms with E-state index in [0.29, 0.717) is 25.5 Å². The molecule has 98 valence electrons. The third-order valence-electron chi connectivity index (χ3n) is 2.45. The lowest BCUT2D eigenvalue weighted by Gasteiger charge is -2.18. The fourth-order valence-corrected chi connectivity index (χ4v) is 2.90. The van der Waals surface area contributed by atoms with Gasteiger partial charge in [-0.25, -0.2) is 13.4 Å². The highest BCUT2D eigenvalue weighted by molar-refractivity contribution is 7.89. The number of anilines is 1. The van der Waals surface area contributed by atoms with Gasteiger partial charge in [0.2, 0.25) is 10.0 Å². The van der Waals surface area contributed by atoms with E-state index in [9.17, 15) is 8.42 Å². The van der Waals surface area contributed by atoms with Crippen molar-refractivity contribution in [2.45, 2.75) is 18.7 Å². The van der Waals surface area contributed by atoms with Gasteiger partial charge in [0.05, 0.1) is 6.54 Å². The number of hydrogen-bond acceptors (Lipinski definition) is 4. The van der Waals surface area contributed by atoms with Crippen molar-refractivity contribution >= 4 is 15.8 Å². The number of sulfonamides is 1. The first-order chi connectivity index (χ1) is 8.56. The summed E-state index contributed by atoms with van der Waals surface area (Å²) in [4.78, 5) is 4.21. The van der Waals surface area contributed by atoms with Crippen LogP contribution in [0.5, 0.6) is 0 Å². The smallest absolute Gasteiger partial charge is 0.244 e. The zero-order valence-electron chi connectivity index (χ0n) is 10.5. The highest BCUT2D eigenvalue weighted by Gasteiger charge is 2.21. The fraction of sp³-hybridized carbons (Fsp3) is 0.417. The van der Waals surface area contributed by atoms with E-state index in [2.05, 4.69) is 16.2 Å². The molecular formula is C12H17N3O2S. The largest absolute Gasteiger partial charge is 0.359 e. The lowest BCUT2D eigenvalue weighted by molar-refractivity contribution is 0.445. The van der Waals surface area contributed by atoms with E-state index in [1.54, 1.807) is 19.9 Å². The van der Waals surface area contributed by atoms with Gasteiger partial charge in [0.15, 0.2) is 0 Å². The molecule has 0 spiro atoms. The zero-order valence-corrected chi connectivity index (χ0v) is 11.4. The van der Waals surface area contributed by atoms with Crippen molar-refractivity contribution in [3.8, 4) is 12.3 Å². The number of nitrogens with one attached hydrogen (secondary N) is 1. The van der Waals surface area contributed by atoms with Gasteiger partial charge < -0.3 is 5.32 Å². The quantitative estimate of drug-likeness (QED) is 0.786. The van der Waals surface area contributed by atoms with Crippen LogP contribution in [-0.2, 0) is 10.0 Å². The molecule has 1 N–H and O–H groups in total. The Labute approximate surface area is 108 Å². The fourth-order valence-electron chi connectivity index (χ4n) is 1.49. The van der Waals surface area contributed by atoms with Crippen molar-refractivity contribution in [1.82, 2.24) is 9.29 Å². The number of aromatic nitrogens is 1.